The summed E-state index contributed by atoms with van der Waals surface area (Å²) in [5, 5.41) is 16.1. The van der Waals surface area contributed by atoms with Crippen LogP contribution in [0.25, 0.3) is 0 Å². The summed E-state index contributed by atoms with van der Waals surface area (Å²) in [4.78, 5) is 10.5. The molecule has 122 valence electrons. The van der Waals surface area contributed by atoms with Crippen molar-refractivity contribution >= 4 is 11.4 Å². The molecule has 1 aromatic rings. The Hall–Kier alpha value is -1.78. The highest BCUT2D eigenvalue weighted by Crippen LogP contribution is 2.59. The number of non-ortho nitro benzene ring substituents is 1. The summed E-state index contributed by atoms with van der Waals surface area (Å²) in [5.41, 5.74) is 1.23. The molecule has 0 unspecified atom stereocenters. The molecule has 5 nitrogen and oxygen atoms in total. The Morgan fingerprint density at radius 1 is 1.22 bits per heavy atom. The second-order valence-electron chi connectivity index (χ2n) is 7.38. The second kappa shape index (κ2) is 5.11. The normalized spacial score (nSPS) is 33.6. The van der Waals surface area contributed by atoms with Gasteiger partial charge in [0.15, 0.2) is 6.04 Å². The van der Waals surface area contributed by atoms with E-state index in [1.807, 2.05) is 12.1 Å². The van der Waals surface area contributed by atoms with Crippen LogP contribution >= 0.6 is 0 Å². The Labute approximate surface area is 136 Å². The van der Waals surface area contributed by atoms with Gasteiger partial charge in [-0.3, -0.25) is 10.1 Å². The number of nitrogens with zero attached hydrogens (tertiary/aromatic N) is 3. The van der Waals surface area contributed by atoms with Crippen LogP contribution in [0, 0.1) is 27.9 Å². The number of hydrogen-bond donors (Lipinski definition) is 0. The molecular formula is C18H24N3O2+. The first kappa shape index (κ1) is 14.8. The molecule has 0 saturated heterocycles. The minimum absolute atomic E-state index is 0.0618. The van der Waals surface area contributed by atoms with Gasteiger partial charge in [-0.2, -0.15) is 0 Å². The van der Waals surface area contributed by atoms with Crippen LogP contribution < -0.4 is 0 Å². The van der Waals surface area contributed by atoms with Crippen molar-refractivity contribution in [2.45, 2.75) is 57.5 Å². The van der Waals surface area contributed by atoms with Crippen LogP contribution in [0.15, 0.2) is 29.4 Å². The van der Waals surface area contributed by atoms with E-state index in [9.17, 15) is 10.1 Å². The van der Waals surface area contributed by atoms with E-state index >= 15 is 0 Å². The summed E-state index contributed by atoms with van der Waals surface area (Å²) in [5.74, 6) is 2.21. The van der Waals surface area contributed by atoms with Crippen LogP contribution in [0.2, 0.25) is 0 Å². The average molecular weight is 314 g/mol. The van der Waals surface area contributed by atoms with E-state index in [0.717, 1.165) is 30.4 Å². The maximum absolute atomic E-state index is 10.9. The number of benzene rings is 1. The van der Waals surface area contributed by atoms with Crippen LogP contribution in [0.4, 0.5) is 11.4 Å². The third-order valence-corrected chi connectivity index (χ3v) is 6.63. The lowest BCUT2D eigenvalue weighted by molar-refractivity contribution is -0.549. The Bertz CT molecular complexity index is 663. The zero-order valence-corrected chi connectivity index (χ0v) is 13.8. The maximum Gasteiger partial charge on any atom is 0.269 e. The Balaban J connectivity index is 1.76. The molecular weight excluding hydrogens is 290 g/mol. The first-order valence-corrected chi connectivity index (χ1v) is 8.86. The van der Waals surface area contributed by atoms with Gasteiger partial charge in [0.2, 0.25) is 5.69 Å². The van der Waals surface area contributed by atoms with Crippen LogP contribution in [0.3, 0.4) is 0 Å². The maximum atomic E-state index is 10.9. The molecule has 4 rings (SSSR count). The molecule has 23 heavy (non-hydrogen) atoms. The van der Waals surface area contributed by atoms with Crippen molar-refractivity contribution in [1.82, 2.24) is 0 Å². The van der Waals surface area contributed by atoms with Crippen molar-refractivity contribution in [3.63, 3.8) is 0 Å². The first-order chi connectivity index (χ1) is 11.1. The Morgan fingerprint density at radius 2 is 1.87 bits per heavy atom. The lowest BCUT2D eigenvalue weighted by atomic mass is 9.70. The molecule has 0 aromatic heterocycles. The summed E-state index contributed by atoms with van der Waals surface area (Å²) >= 11 is 0. The molecule has 2 aliphatic carbocycles. The summed E-state index contributed by atoms with van der Waals surface area (Å²) < 4.78 is 2.23. The number of nitro benzene ring substituents is 1. The van der Waals surface area contributed by atoms with Gasteiger partial charge in [0, 0.05) is 30.2 Å². The fourth-order valence-electron chi connectivity index (χ4n) is 5.54. The zero-order valence-electron chi connectivity index (χ0n) is 13.8. The van der Waals surface area contributed by atoms with Gasteiger partial charge in [-0.15, -0.1) is 0 Å². The molecule has 1 aliphatic heterocycles. The monoisotopic (exact) mass is 314 g/mol. The third kappa shape index (κ3) is 1.98. The minimum Gasteiger partial charge on any atom is -0.258 e. The predicted molar refractivity (Wildman–Crippen MR) is 86.9 cm³/mol. The fraction of sp³-hybridized carbons (Fsp3) is 0.667. The van der Waals surface area contributed by atoms with Crippen LogP contribution in [0.1, 0.15) is 46.0 Å². The molecule has 1 aromatic carbocycles. The highest BCUT2D eigenvalue weighted by atomic mass is 16.6. The van der Waals surface area contributed by atoms with E-state index in [1.54, 1.807) is 12.1 Å². The van der Waals surface area contributed by atoms with Crippen molar-refractivity contribution in [2.24, 2.45) is 22.9 Å². The number of fused-ring (bicyclic) bond motifs is 5. The van der Waals surface area contributed by atoms with Crippen molar-refractivity contribution in [1.29, 1.82) is 0 Å². The van der Waals surface area contributed by atoms with Crippen molar-refractivity contribution in [3.05, 3.63) is 34.4 Å². The first-order valence-electron chi connectivity index (χ1n) is 8.86. The summed E-state index contributed by atoms with van der Waals surface area (Å²) in [6.45, 7) is 4.52. The molecule has 3 aliphatic rings. The van der Waals surface area contributed by atoms with Gasteiger partial charge in [-0.1, -0.05) is 18.5 Å². The topological polar surface area (TPSA) is 58.5 Å². The van der Waals surface area contributed by atoms with Crippen LogP contribution in [-0.2, 0) is 0 Å². The standard InChI is InChI=1S/C18H24N3O2/c1-3-18(4-2)16-12-5-6-13(11-12)17(16)20(19-18)14-7-9-15(10-8-14)21(22)23/h7-10,12-13,16-17H,3-6,11H2,1-2H3/q+1/t12-,13+,16+,17-/m1/s1. The quantitative estimate of drug-likeness (QED) is 0.460. The van der Waals surface area contributed by atoms with Gasteiger partial charge in [0.25, 0.3) is 5.69 Å². The van der Waals surface area contributed by atoms with Crippen molar-refractivity contribution in [3.8, 4) is 0 Å². The van der Waals surface area contributed by atoms with Gasteiger partial charge in [-0.05, 0) is 43.1 Å². The summed E-state index contributed by atoms with van der Waals surface area (Å²) in [6.07, 6.45) is 6.18. The van der Waals surface area contributed by atoms with E-state index in [0.29, 0.717) is 12.0 Å². The minimum atomic E-state index is -0.340. The molecule has 1 heterocycles. The zero-order chi connectivity index (χ0) is 16.2. The van der Waals surface area contributed by atoms with Gasteiger partial charge in [0.1, 0.15) is 5.54 Å². The van der Waals surface area contributed by atoms with Gasteiger partial charge in [-0.25, -0.2) is 0 Å². The van der Waals surface area contributed by atoms with Gasteiger partial charge < -0.3 is 0 Å². The lowest BCUT2D eigenvalue weighted by Crippen LogP contribution is -2.41. The molecule has 0 spiro atoms. The van der Waals surface area contributed by atoms with E-state index in [1.165, 1.54) is 19.3 Å². The molecule has 0 radical (unpaired) electrons. The van der Waals surface area contributed by atoms with Crippen molar-refractivity contribution < 1.29 is 9.62 Å². The van der Waals surface area contributed by atoms with E-state index in [-0.39, 0.29) is 16.1 Å². The molecule has 0 N–H and O–H groups in total. The summed E-state index contributed by atoms with van der Waals surface area (Å²) in [6, 6.07) is 7.43. The van der Waals surface area contributed by atoms with Crippen LogP contribution in [-0.4, -0.2) is 21.2 Å². The molecule has 2 saturated carbocycles. The van der Waals surface area contributed by atoms with E-state index in [4.69, 9.17) is 5.11 Å². The largest absolute Gasteiger partial charge is 0.269 e. The highest BCUT2D eigenvalue weighted by molar-refractivity contribution is 5.40. The lowest BCUT2D eigenvalue weighted by Gasteiger charge is -2.31. The van der Waals surface area contributed by atoms with E-state index in [2.05, 4.69) is 18.5 Å². The highest BCUT2D eigenvalue weighted by Gasteiger charge is 2.66. The van der Waals surface area contributed by atoms with Crippen LogP contribution in [0.5, 0.6) is 0 Å². The SMILES string of the molecule is CCC1(CC)N=[N+](c2ccc([N+](=O)[O-])cc2)[C@@H]2[C@H]3CC[C@H](C3)[C@@H]21. The molecule has 5 heteroatoms. The number of nitro groups is 1. The average Bonchev–Trinajstić information content (AvgIpc) is 3.26. The predicted octanol–water partition coefficient (Wildman–Crippen LogP) is 4.68. The van der Waals surface area contributed by atoms with Gasteiger partial charge >= 0.3 is 0 Å². The molecule has 0 amide bonds. The smallest absolute Gasteiger partial charge is 0.258 e. The molecule has 2 fully saturated rings. The second-order valence-corrected chi connectivity index (χ2v) is 7.38. The Kier molecular flexibility index (Phi) is 3.29. The van der Waals surface area contributed by atoms with Crippen molar-refractivity contribution in [2.75, 3.05) is 0 Å². The number of rotatable bonds is 4. The number of azo groups is 2. The molecule has 2 bridgehead atoms. The Morgan fingerprint density at radius 3 is 2.48 bits per heavy atom. The number of hydrogen-bond acceptors (Lipinski definition) is 3. The van der Waals surface area contributed by atoms with E-state index < -0.39 is 0 Å². The fourth-order valence-corrected chi connectivity index (χ4v) is 5.54. The molecule has 4 atom stereocenters. The summed E-state index contributed by atoms with van der Waals surface area (Å²) in [7, 11) is 0. The van der Waals surface area contributed by atoms with Gasteiger partial charge in [0.05, 0.1) is 10.8 Å². The third-order valence-electron chi connectivity index (χ3n) is 6.63.